The highest BCUT2D eigenvalue weighted by atomic mass is 35.5. The Balaban J connectivity index is 1.35. The summed E-state index contributed by atoms with van der Waals surface area (Å²) >= 11 is 5.89. The quantitative estimate of drug-likeness (QED) is 0.274. The van der Waals surface area contributed by atoms with E-state index in [-0.39, 0.29) is 24.0 Å². The Morgan fingerprint density at radius 1 is 1.08 bits per heavy atom. The van der Waals surface area contributed by atoms with Gasteiger partial charge in [-0.3, -0.25) is 9.59 Å². The average molecular weight is 545 g/mol. The summed E-state index contributed by atoms with van der Waals surface area (Å²) in [5.41, 5.74) is 1.84. The zero-order valence-electron chi connectivity index (χ0n) is 21.6. The van der Waals surface area contributed by atoms with Crippen molar-refractivity contribution in [2.24, 2.45) is 5.10 Å². The molecule has 9 heteroatoms. The molecule has 1 amide bonds. The number of carbonyl (C=O) groups is 1. The number of anilines is 1. The second-order valence-electron chi connectivity index (χ2n) is 9.44. The van der Waals surface area contributed by atoms with Gasteiger partial charge in [-0.05, 0) is 73.0 Å². The van der Waals surface area contributed by atoms with E-state index in [9.17, 15) is 9.59 Å². The number of methoxy groups -OCH3 is 1. The van der Waals surface area contributed by atoms with E-state index in [1.54, 1.807) is 54.7 Å². The Kier molecular flexibility index (Phi) is 8.22. The molecule has 1 aromatic heterocycles. The molecule has 200 valence electrons. The van der Waals surface area contributed by atoms with Crippen molar-refractivity contribution in [3.8, 4) is 11.5 Å². The molecule has 0 spiro atoms. The van der Waals surface area contributed by atoms with Gasteiger partial charge in [0.2, 0.25) is 0 Å². The summed E-state index contributed by atoms with van der Waals surface area (Å²) in [6.45, 7) is -0.199. The number of ether oxygens (including phenoxy) is 2. The standard InChI is InChI=1S/C30H29ClN4O4/c1-38-27-17-20(11-16-26(27)39-19-28(36)33-23-14-12-22(31)13-15-23)18-32-35-29(21-7-3-2-4-8-21)34-25-10-6-5-9-24(25)30(35)37/h5-6,9-18,21H,2-4,7-8,19H2,1H3,(H,33,36). The predicted octanol–water partition coefficient (Wildman–Crippen LogP) is 6.01. The lowest BCUT2D eigenvalue weighted by molar-refractivity contribution is -0.118. The van der Waals surface area contributed by atoms with Gasteiger partial charge in [0.25, 0.3) is 11.5 Å². The minimum absolute atomic E-state index is 0.184. The smallest absolute Gasteiger partial charge is 0.282 e. The third-order valence-electron chi connectivity index (χ3n) is 6.75. The average Bonchev–Trinajstić information content (AvgIpc) is 2.97. The van der Waals surface area contributed by atoms with Gasteiger partial charge >= 0.3 is 0 Å². The van der Waals surface area contributed by atoms with Crippen molar-refractivity contribution in [1.29, 1.82) is 0 Å². The third kappa shape index (κ3) is 6.29. The monoisotopic (exact) mass is 544 g/mol. The van der Waals surface area contributed by atoms with Crippen molar-refractivity contribution in [2.75, 3.05) is 19.0 Å². The van der Waals surface area contributed by atoms with Crippen LogP contribution in [0.25, 0.3) is 10.9 Å². The lowest BCUT2D eigenvalue weighted by Crippen LogP contribution is -2.25. The normalized spacial score (nSPS) is 14.0. The van der Waals surface area contributed by atoms with Gasteiger partial charge in [0.1, 0.15) is 5.82 Å². The minimum atomic E-state index is -0.316. The van der Waals surface area contributed by atoms with E-state index in [2.05, 4.69) is 10.4 Å². The second kappa shape index (κ2) is 12.1. The number of amides is 1. The van der Waals surface area contributed by atoms with Gasteiger partial charge in [-0.2, -0.15) is 9.78 Å². The zero-order chi connectivity index (χ0) is 27.2. The van der Waals surface area contributed by atoms with Crippen LogP contribution in [0.1, 0.15) is 49.4 Å². The Morgan fingerprint density at radius 3 is 2.62 bits per heavy atom. The van der Waals surface area contributed by atoms with Crippen LogP contribution in [0.3, 0.4) is 0 Å². The first-order chi connectivity index (χ1) is 19.0. The van der Waals surface area contributed by atoms with E-state index in [0.29, 0.717) is 44.5 Å². The van der Waals surface area contributed by atoms with Crippen molar-refractivity contribution < 1.29 is 14.3 Å². The Bertz CT molecular complexity index is 1560. The maximum Gasteiger partial charge on any atom is 0.282 e. The molecule has 0 unspecified atom stereocenters. The van der Waals surface area contributed by atoms with Crippen LogP contribution in [0.4, 0.5) is 5.69 Å². The highest BCUT2D eigenvalue weighted by molar-refractivity contribution is 6.30. The number of hydrogen-bond acceptors (Lipinski definition) is 6. The molecular weight excluding hydrogens is 516 g/mol. The van der Waals surface area contributed by atoms with Gasteiger partial charge in [0, 0.05) is 16.6 Å². The molecule has 39 heavy (non-hydrogen) atoms. The van der Waals surface area contributed by atoms with Crippen LogP contribution in [0.15, 0.2) is 76.6 Å². The summed E-state index contributed by atoms with van der Waals surface area (Å²) in [5, 5.41) is 8.46. The summed E-state index contributed by atoms with van der Waals surface area (Å²) in [7, 11) is 1.52. The molecule has 4 aromatic rings. The van der Waals surface area contributed by atoms with Crippen LogP contribution < -0.4 is 20.3 Å². The number of carbonyl (C=O) groups excluding carboxylic acids is 1. The van der Waals surface area contributed by atoms with Gasteiger partial charge in [-0.25, -0.2) is 4.98 Å². The summed E-state index contributed by atoms with van der Waals surface area (Å²) in [5.74, 6) is 1.43. The van der Waals surface area contributed by atoms with E-state index in [4.69, 9.17) is 26.1 Å². The van der Waals surface area contributed by atoms with Gasteiger partial charge in [-0.1, -0.05) is 43.0 Å². The molecule has 3 aromatic carbocycles. The van der Waals surface area contributed by atoms with Crippen molar-refractivity contribution >= 4 is 40.3 Å². The van der Waals surface area contributed by atoms with Crippen LogP contribution >= 0.6 is 11.6 Å². The molecule has 0 atom stereocenters. The molecule has 0 aliphatic heterocycles. The number of aromatic nitrogens is 2. The summed E-state index contributed by atoms with van der Waals surface area (Å²) in [4.78, 5) is 30.6. The number of hydrogen-bond donors (Lipinski definition) is 1. The maximum absolute atomic E-state index is 13.4. The van der Waals surface area contributed by atoms with E-state index in [1.807, 2.05) is 18.2 Å². The van der Waals surface area contributed by atoms with E-state index >= 15 is 0 Å². The van der Waals surface area contributed by atoms with Crippen LogP contribution in [0.2, 0.25) is 5.02 Å². The number of nitrogens with zero attached hydrogens (tertiary/aromatic N) is 3. The number of rotatable bonds is 8. The molecule has 1 saturated carbocycles. The minimum Gasteiger partial charge on any atom is -0.493 e. The van der Waals surface area contributed by atoms with E-state index in [0.717, 1.165) is 25.7 Å². The number of fused-ring (bicyclic) bond motifs is 1. The lowest BCUT2D eigenvalue weighted by atomic mass is 9.88. The first kappa shape index (κ1) is 26.4. The topological polar surface area (TPSA) is 94.8 Å². The largest absolute Gasteiger partial charge is 0.493 e. The van der Waals surface area contributed by atoms with Crippen molar-refractivity contribution in [2.45, 2.75) is 38.0 Å². The number of benzene rings is 3. The van der Waals surface area contributed by atoms with Crippen LogP contribution in [0, 0.1) is 0 Å². The number of halogens is 1. The van der Waals surface area contributed by atoms with Gasteiger partial charge < -0.3 is 14.8 Å². The Labute approximate surface area is 231 Å². The maximum atomic E-state index is 13.4. The first-order valence-corrected chi connectivity index (χ1v) is 13.3. The Morgan fingerprint density at radius 2 is 1.85 bits per heavy atom. The van der Waals surface area contributed by atoms with Crippen LogP contribution in [-0.2, 0) is 4.79 Å². The highest BCUT2D eigenvalue weighted by Crippen LogP contribution is 2.32. The molecule has 0 radical (unpaired) electrons. The van der Waals surface area contributed by atoms with Crippen LogP contribution in [0.5, 0.6) is 11.5 Å². The highest BCUT2D eigenvalue weighted by Gasteiger charge is 2.22. The summed E-state index contributed by atoms with van der Waals surface area (Å²) in [6, 6.07) is 19.4. The summed E-state index contributed by atoms with van der Waals surface area (Å²) < 4.78 is 12.6. The van der Waals surface area contributed by atoms with Crippen LogP contribution in [-0.4, -0.2) is 35.5 Å². The number of para-hydroxylation sites is 1. The zero-order valence-corrected chi connectivity index (χ0v) is 22.4. The molecule has 1 heterocycles. The van der Waals surface area contributed by atoms with Crippen molar-refractivity contribution in [1.82, 2.24) is 9.66 Å². The fraction of sp³-hybridized carbons (Fsp3) is 0.267. The van der Waals surface area contributed by atoms with Crippen molar-refractivity contribution in [3.05, 3.63) is 93.5 Å². The molecule has 1 aliphatic rings. The molecule has 1 N–H and O–H groups in total. The Hall–Kier alpha value is -4.17. The molecule has 5 rings (SSSR count). The SMILES string of the molecule is COc1cc(C=Nn2c(C3CCCCC3)nc3ccccc3c2=O)ccc1OCC(=O)Nc1ccc(Cl)cc1. The second-order valence-corrected chi connectivity index (χ2v) is 9.87. The molecule has 8 nitrogen and oxygen atoms in total. The number of nitrogens with one attached hydrogen (secondary N) is 1. The fourth-order valence-corrected chi connectivity index (χ4v) is 4.89. The molecule has 0 bridgehead atoms. The molecule has 1 aliphatic carbocycles. The van der Waals surface area contributed by atoms with Gasteiger partial charge in [-0.15, -0.1) is 0 Å². The first-order valence-electron chi connectivity index (χ1n) is 12.9. The molecule has 0 saturated heterocycles. The summed E-state index contributed by atoms with van der Waals surface area (Å²) in [6.07, 6.45) is 7.04. The van der Waals surface area contributed by atoms with Crippen molar-refractivity contribution in [3.63, 3.8) is 0 Å². The molecule has 1 fully saturated rings. The lowest BCUT2D eigenvalue weighted by Gasteiger charge is -2.22. The van der Waals surface area contributed by atoms with Gasteiger partial charge in [0.05, 0.1) is 24.2 Å². The fourth-order valence-electron chi connectivity index (χ4n) is 4.76. The van der Waals surface area contributed by atoms with Gasteiger partial charge in [0.15, 0.2) is 18.1 Å². The third-order valence-corrected chi connectivity index (χ3v) is 7.00. The predicted molar refractivity (Wildman–Crippen MR) is 153 cm³/mol. The van der Waals surface area contributed by atoms with E-state index in [1.165, 1.54) is 18.2 Å². The molecular formula is C30H29ClN4O4. The van der Waals surface area contributed by atoms with E-state index < -0.39 is 0 Å².